The van der Waals surface area contributed by atoms with Crippen molar-refractivity contribution in [1.29, 1.82) is 0 Å². The van der Waals surface area contributed by atoms with E-state index in [1.807, 2.05) is 54.6 Å². The Labute approximate surface area is 426 Å². The minimum Gasteiger partial charge on any atom is -0.479 e. The number of rotatable bonds is 16. The van der Waals surface area contributed by atoms with Gasteiger partial charge in [0.2, 0.25) is 0 Å². The van der Waals surface area contributed by atoms with Gasteiger partial charge in [-0.05, 0) is 81.4 Å². The average Bonchev–Trinajstić information content (AvgIpc) is 3.44. The summed E-state index contributed by atoms with van der Waals surface area (Å²) in [6.07, 6.45) is 15.7. The largest absolute Gasteiger partial charge is 0.479 e. The van der Waals surface area contributed by atoms with Gasteiger partial charge in [-0.2, -0.15) is 0 Å². The summed E-state index contributed by atoms with van der Waals surface area (Å²) in [7, 11) is 1.33. The highest BCUT2D eigenvalue weighted by molar-refractivity contribution is 5.82. The molecule has 0 spiro atoms. The van der Waals surface area contributed by atoms with Crippen molar-refractivity contribution in [2.45, 2.75) is 154 Å². The lowest BCUT2D eigenvalue weighted by atomic mass is 9.73. The third kappa shape index (κ3) is 17.9. The number of carboxylic acids is 1. The van der Waals surface area contributed by atoms with Crippen LogP contribution >= 0.6 is 0 Å². The minimum atomic E-state index is -1.72. The smallest absolute Gasteiger partial charge is 0.344 e. The Hall–Kier alpha value is -5.01. The molecule has 6 rings (SSSR count). The highest BCUT2D eigenvalue weighted by atomic mass is 16.6. The van der Waals surface area contributed by atoms with Gasteiger partial charge >= 0.3 is 17.9 Å². The predicted molar refractivity (Wildman–Crippen MR) is 283 cm³/mol. The number of carbonyl (C=O) groups excluding carboxylic acids is 2. The second-order valence-corrected chi connectivity index (χ2v) is 18.8. The van der Waals surface area contributed by atoms with E-state index in [0.29, 0.717) is 23.2 Å². The third-order valence-corrected chi connectivity index (χ3v) is 14.5. The van der Waals surface area contributed by atoms with Gasteiger partial charge in [0.05, 0.1) is 20.2 Å². The lowest BCUT2D eigenvalue weighted by Crippen LogP contribution is -2.45. The number of aliphatic hydroxyl groups is 3. The van der Waals surface area contributed by atoms with Crippen LogP contribution in [0.5, 0.6) is 0 Å². The fourth-order valence-corrected chi connectivity index (χ4v) is 9.99. The number of esters is 2. The van der Waals surface area contributed by atoms with Crippen LogP contribution < -0.4 is 0 Å². The number of carboxylic acid groups (broad SMARTS) is 1. The standard InChI is InChI=1S/C22H31NO3.C15H20O3.C14H18O3.C9H17N/c1-3-23(4-2)17-11-12-18-26-21(24)22(25,19-13-7-5-8-14-19)20-15-9-6-10-16-20;1-18-14(16)15(17,12-8-4-2-5-9-12)13-10-6-3-7-11-13;15-13(16)14(17,11-7-3-1-4-8-11)12-9-5-2-6-10-12;1-4-7-8-9-10(5-2)6-3/h5,7-8,13-14,20,25H,3-4,6,9-10,15-18H2,1-2H3;2,4-5,8-9,13,17H,3,6-7,10-11H2,1H3;1,3-4,7-8,12,17H,2,5-6,9-10H2,(H,15,16);4-6,9H2,1-3H3/t22-;15-;14-;/m111./s1. The zero-order chi connectivity index (χ0) is 52.0. The second-order valence-electron chi connectivity index (χ2n) is 18.8. The Kier molecular flexibility index (Phi) is 27.9. The van der Waals surface area contributed by atoms with Crippen molar-refractivity contribution in [2.75, 3.05) is 53.0 Å². The van der Waals surface area contributed by atoms with Gasteiger partial charge in [-0.25, -0.2) is 14.4 Å². The summed E-state index contributed by atoms with van der Waals surface area (Å²) in [6.45, 7) is 16.3. The van der Waals surface area contributed by atoms with Crippen LogP contribution in [0.2, 0.25) is 0 Å². The van der Waals surface area contributed by atoms with Gasteiger partial charge in [0, 0.05) is 24.2 Å². The number of carbonyl (C=O) groups is 3. The molecule has 3 aromatic carbocycles. The van der Waals surface area contributed by atoms with E-state index >= 15 is 0 Å². The number of methoxy groups -OCH3 is 1. The SMILES string of the molecule is CCC#CCN(CC)CC.CCN(CC)CC#CCOC(=O)[C@@](O)(c1ccccc1)C1CCCCC1.COC(=O)[C@@](O)(c1ccccc1)C1CCCCC1.O=C(O)[C@@](O)(c1ccccc1)C1CCCCC1. The van der Waals surface area contributed by atoms with Gasteiger partial charge in [0.15, 0.2) is 23.4 Å². The van der Waals surface area contributed by atoms with Crippen LogP contribution in [0.25, 0.3) is 0 Å². The van der Waals surface area contributed by atoms with Crippen LogP contribution in [-0.2, 0) is 40.7 Å². The molecule has 3 saturated carbocycles. The Balaban J connectivity index is 0.000000263. The maximum absolute atomic E-state index is 12.8. The van der Waals surface area contributed by atoms with Crippen molar-refractivity contribution in [1.82, 2.24) is 9.80 Å². The summed E-state index contributed by atoms with van der Waals surface area (Å²) < 4.78 is 10.2. The number of benzene rings is 3. The lowest BCUT2D eigenvalue weighted by Gasteiger charge is -2.36. The Bertz CT molecular complexity index is 2070. The molecular formula is C60H86N2O9. The molecule has 71 heavy (non-hydrogen) atoms. The third-order valence-electron chi connectivity index (χ3n) is 14.5. The average molecular weight is 979 g/mol. The number of hydrogen-bond donors (Lipinski definition) is 4. The lowest BCUT2D eigenvalue weighted by molar-refractivity contribution is -0.174. The van der Waals surface area contributed by atoms with Gasteiger partial charge in [-0.1, -0.05) is 201 Å². The van der Waals surface area contributed by atoms with Crippen LogP contribution in [0.15, 0.2) is 91.0 Å². The van der Waals surface area contributed by atoms with Crippen LogP contribution in [0.3, 0.4) is 0 Å². The molecule has 0 bridgehead atoms. The van der Waals surface area contributed by atoms with Crippen molar-refractivity contribution in [3.8, 4) is 23.7 Å². The highest BCUT2D eigenvalue weighted by Gasteiger charge is 2.48. The molecule has 0 unspecified atom stereocenters. The fraction of sp³-hybridized carbons (Fsp3) is 0.583. The van der Waals surface area contributed by atoms with Crippen molar-refractivity contribution >= 4 is 17.9 Å². The molecule has 0 radical (unpaired) electrons. The normalized spacial score (nSPS) is 17.7. The number of ether oxygens (including phenoxy) is 2. The number of nitrogens with zero attached hydrogens (tertiary/aromatic N) is 2. The van der Waals surface area contributed by atoms with Gasteiger partial charge in [0.1, 0.15) is 0 Å². The summed E-state index contributed by atoms with van der Waals surface area (Å²) in [4.78, 5) is 40.9. The molecule has 0 heterocycles. The zero-order valence-electron chi connectivity index (χ0n) is 43.9. The second kappa shape index (κ2) is 32.9. The molecule has 390 valence electrons. The Morgan fingerprint density at radius 3 is 1.14 bits per heavy atom. The van der Waals surface area contributed by atoms with E-state index in [1.165, 1.54) is 13.5 Å². The molecule has 11 nitrogen and oxygen atoms in total. The first-order chi connectivity index (χ1) is 34.3. The van der Waals surface area contributed by atoms with Gasteiger partial charge in [0.25, 0.3) is 0 Å². The summed E-state index contributed by atoms with van der Waals surface area (Å²) in [6, 6.07) is 27.1. The van der Waals surface area contributed by atoms with E-state index < -0.39 is 34.7 Å². The molecule has 11 heteroatoms. The summed E-state index contributed by atoms with van der Waals surface area (Å²) >= 11 is 0. The minimum absolute atomic E-state index is 0.0158. The molecule has 0 aliphatic heterocycles. The molecule has 3 aliphatic carbocycles. The Morgan fingerprint density at radius 2 is 0.817 bits per heavy atom. The molecule has 3 aromatic rings. The maximum atomic E-state index is 12.8. The summed E-state index contributed by atoms with van der Waals surface area (Å²) in [5, 5.41) is 42.2. The monoisotopic (exact) mass is 979 g/mol. The maximum Gasteiger partial charge on any atom is 0.344 e. The molecular weight excluding hydrogens is 893 g/mol. The zero-order valence-corrected chi connectivity index (χ0v) is 43.9. The summed E-state index contributed by atoms with van der Waals surface area (Å²) in [5.41, 5.74) is -3.03. The Morgan fingerprint density at radius 1 is 0.493 bits per heavy atom. The number of hydrogen-bond acceptors (Lipinski definition) is 10. The molecule has 3 aliphatic rings. The quantitative estimate of drug-likeness (QED) is 0.0800. The first-order valence-electron chi connectivity index (χ1n) is 26.5. The summed E-state index contributed by atoms with van der Waals surface area (Å²) in [5.74, 6) is 9.54. The highest BCUT2D eigenvalue weighted by Crippen LogP contribution is 2.42. The fourth-order valence-electron chi connectivity index (χ4n) is 9.99. The molecule has 0 amide bonds. The van der Waals surface area contributed by atoms with Gasteiger partial charge < -0.3 is 29.9 Å². The van der Waals surface area contributed by atoms with E-state index in [9.17, 15) is 34.8 Å². The van der Waals surface area contributed by atoms with Crippen LogP contribution in [0.1, 0.15) is 154 Å². The van der Waals surface area contributed by atoms with Crippen LogP contribution in [-0.4, -0.2) is 101 Å². The van der Waals surface area contributed by atoms with Crippen molar-refractivity contribution < 1.29 is 44.3 Å². The molecule has 3 fully saturated rings. The van der Waals surface area contributed by atoms with Crippen LogP contribution in [0.4, 0.5) is 0 Å². The first kappa shape index (κ1) is 60.3. The van der Waals surface area contributed by atoms with Crippen LogP contribution in [0, 0.1) is 41.4 Å². The van der Waals surface area contributed by atoms with Gasteiger partial charge in [-0.3, -0.25) is 9.80 Å². The van der Waals surface area contributed by atoms with E-state index in [-0.39, 0.29) is 24.4 Å². The van der Waals surface area contributed by atoms with Gasteiger partial charge in [-0.15, -0.1) is 5.92 Å². The first-order valence-corrected chi connectivity index (χ1v) is 26.5. The molecule has 0 saturated heterocycles. The molecule has 3 atom stereocenters. The van der Waals surface area contributed by atoms with E-state index in [2.05, 4.69) is 68.1 Å². The number of aliphatic carboxylic acids is 1. The molecule has 4 N–H and O–H groups in total. The van der Waals surface area contributed by atoms with E-state index in [0.717, 1.165) is 129 Å². The van der Waals surface area contributed by atoms with E-state index in [1.54, 1.807) is 36.4 Å². The van der Waals surface area contributed by atoms with Crippen molar-refractivity contribution in [3.63, 3.8) is 0 Å². The van der Waals surface area contributed by atoms with Crippen molar-refractivity contribution in [3.05, 3.63) is 108 Å². The topological polar surface area (TPSA) is 157 Å². The predicted octanol–water partition coefficient (Wildman–Crippen LogP) is 10.3. The van der Waals surface area contributed by atoms with E-state index in [4.69, 9.17) is 9.47 Å². The molecule has 0 aromatic heterocycles. The van der Waals surface area contributed by atoms with Crippen molar-refractivity contribution in [2.24, 2.45) is 17.8 Å².